The van der Waals surface area contributed by atoms with Gasteiger partial charge < -0.3 is 20.5 Å². The Balaban J connectivity index is 0.00000181. The molecule has 32 heavy (non-hydrogen) atoms. The van der Waals surface area contributed by atoms with E-state index in [4.69, 9.17) is 0 Å². The van der Waals surface area contributed by atoms with Crippen LogP contribution in [0.5, 0.6) is 5.75 Å². The molecule has 6 nitrogen and oxygen atoms in total. The zero-order valence-corrected chi connectivity index (χ0v) is 20.3. The quantitative estimate of drug-likeness (QED) is 0.352. The van der Waals surface area contributed by atoms with E-state index >= 15 is 0 Å². The van der Waals surface area contributed by atoms with Crippen molar-refractivity contribution < 1.29 is 10.2 Å². The highest BCUT2D eigenvalue weighted by Gasteiger charge is 2.16. The maximum Gasteiger partial charge on any atom is 0.305 e. The molecule has 1 aromatic heterocycles. The summed E-state index contributed by atoms with van der Waals surface area (Å²) in [4.78, 5) is 16.6. The average Bonchev–Trinajstić information content (AvgIpc) is 3.15. The number of halogens is 2. The zero-order chi connectivity index (χ0) is 20.9. The van der Waals surface area contributed by atoms with Crippen molar-refractivity contribution in [2.75, 3.05) is 26.2 Å². The van der Waals surface area contributed by atoms with Gasteiger partial charge in [0, 0.05) is 18.7 Å². The number of likely N-dealkylation sites (tertiary alicyclic amines) is 1. The summed E-state index contributed by atoms with van der Waals surface area (Å²) >= 11 is 1.01. The number of rotatable bonds is 8. The Bertz CT molecular complexity index is 1050. The Morgan fingerprint density at radius 3 is 2.62 bits per heavy atom. The molecule has 1 aliphatic heterocycles. The third kappa shape index (κ3) is 6.70. The van der Waals surface area contributed by atoms with E-state index in [2.05, 4.69) is 39.5 Å². The van der Waals surface area contributed by atoms with E-state index in [0.717, 1.165) is 30.8 Å². The van der Waals surface area contributed by atoms with Crippen molar-refractivity contribution in [1.29, 1.82) is 0 Å². The van der Waals surface area contributed by atoms with Gasteiger partial charge in [0.15, 0.2) is 0 Å². The van der Waals surface area contributed by atoms with Crippen LogP contribution in [0.25, 0.3) is 10.2 Å². The number of aliphatic hydroxyl groups is 1. The fourth-order valence-corrected chi connectivity index (χ4v) is 5.06. The minimum Gasteiger partial charge on any atom is -0.506 e. The number of fused-ring (bicyclic) bond motifs is 1. The van der Waals surface area contributed by atoms with E-state index in [-0.39, 0.29) is 35.4 Å². The third-order valence-electron chi connectivity index (χ3n) is 5.72. The van der Waals surface area contributed by atoms with Gasteiger partial charge in [0.1, 0.15) is 11.3 Å². The lowest BCUT2D eigenvalue weighted by atomic mass is 10.1. The zero-order valence-electron chi connectivity index (χ0n) is 17.9. The smallest absolute Gasteiger partial charge is 0.305 e. The van der Waals surface area contributed by atoms with E-state index in [0.29, 0.717) is 22.3 Å². The Labute approximate surface area is 204 Å². The minimum atomic E-state index is -0.745. The van der Waals surface area contributed by atoms with Crippen molar-refractivity contribution in [3.05, 3.63) is 62.8 Å². The number of aliphatic hydroxyl groups excluding tert-OH is 1. The van der Waals surface area contributed by atoms with Gasteiger partial charge in [-0.05, 0) is 56.1 Å². The molecular formula is C23H31Cl2N3O3S. The van der Waals surface area contributed by atoms with Crippen LogP contribution >= 0.6 is 36.2 Å². The SMILES string of the molecule is Cl.Cl.O=c1[nH]c2c(O)ccc([C@@H](O)CNCCc3cccc(CN4CCCCC4)c3)c2s1. The molecule has 3 aromatic rings. The Morgan fingerprint density at radius 1 is 1.09 bits per heavy atom. The molecule has 1 saturated heterocycles. The number of hydrogen-bond donors (Lipinski definition) is 4. The number of aromatic amines is 1. The summed E-state index contributed by atoms with van der Waals surface area (Å²) in [5.41, 5.74) is 3.71. The van der Waals surface area contributed by atoms with E-state index in [1.54, 1.807) is 6.07 Å². The third-order valence-corrected chi connectivity index (χ3v) is 6.65. The van der Waals surface area contributed by atoms with Crippen molar-refractivity contribution in [3.63, 3.8) is 0 Å². The number of aromatic hydroxyl groups is 1. The summed E-state index contributed by atoms with van der Waals surface area (Å²) in [6.45, 7) is 4.57. The molecule has 0 bridgehead atoms. The molecule has 4 rings (SSSR count). The number of nitrogens with zero attached hydrogens (tertiary/aromatic N) is 1. The first-order valence-corrected chi connectivity index (χ1v) is 11.5. The molecular weight excluding hydrogens is 469 g/mol. The molecule has 9 heteroatoms. The molecule has 0 aliphatic carbocycles. The molecule has 0 unspecified atom stereocenters. The van der Waals surface area contributed by atoms with Crippen LogP contribution in [-0.2, 0) is 13.0 Å². The predicted molar refractivity (Wildman–Crippen MR) is 136 cm³/mol. The lowest BCUT2D eigenvalue weighted by Crippen LogP contribution is -2.29. The molecule has 0 amide bonds. The van der Waals surface area contributed by atoms with Gasteiger partial charge in [-0.3, -0.25) is 9.69 Å². The molecule has 176 valence electrons. The summed E-state index contributed by atoms with van der Waals surface area (Å²) in [6.07, 6.45) is 4.11. The standard InChI is InChI=1S/C23H29N3O3S.2ClH/c27-19-8-7-18(22-21(19)25-23(29)30-22)20(28)14-24-10-9-16-5-4-6-17(13-16)15-26-11-2-1-3-12-26;;/h4-8,13,20,24,27-28H,1-3,9-12,14-15H2,(H,25,29);2*1H/t20-;;/m0../s1. The maximum atomic E-state index is 11.6. The first-order valence-electron chi connectivity index (χ1n) is 10.6. The Hall–Kier alpha value is -1.61. The average molecular weight is 500 g/mol. The molecule has 0 spiro atoms. The summed E-state index contributed by atoms with van der Waals surface area (Å²) in [6, 6.07) is 12.0. The highest BCUT2D eigenvalue weighted by molar-refractivity contribution is 7.16. The molecule has 1 aliphatic rings. The van der Waals surface area contributed by atoms with E-state index in [1.165, 1.54) is 49.5 Å². The van der Waals surface area contributed by atoms with Gasteiger partial charge in [0.25, 0.3) is 0 Å². The second-order valence-electron chi connectivity index (χ2n) is 8.02. The van der Waals surface area contributed by atoms with Crippen LogP contribution < -0.4 is 10.2 Å². The van der Waals surface area contributed by atoms with Crippen LogP contribution in [0.3, 0.4) is 0 Å². The fraction of sp³-hybridized carbons (Fsp3) is 0.435. The van der Waals surface area contributed by atoms with Crippen LogP contribution in [0.4, 0.5) is 0 Å². The van der Waals surface area contributed by atoms with Crippen LogP contribution in [0.1, 0.15) is 42.1 Å². The molecule has 0 radical (unpaired) electrons. The number of benzene rings is 2. The van der Waals surface area contributed by atoms with Crippen molar-refractivity contribution in [3.8, 4) is 5.75 Å². The van der Waals surface area contributed by atoms with Crippen molar-refractivity contribution in [1.82, 2.24) is 15.2 Å². The first-order chi connectivity index (χ1) is 14.6. The number of thiazole rings is 1. The first kappa shape index (κ1) is 26.6. The van der Waals surface area contributed by atoms with Crippen molar-refractivity contribution in [2.24, 2.45) is 0 Å². The number of phenolic OH excluding ortho intramolecular Hbond substituents is 1. The summed E-state index contributed by atoms with van der Waals surface area (Å²) in [7, 11) is 0. The highest BCUT2D eigenvalue weighted by Crippen LogP contribution is 2.31. The van der Waals surface area contributed by atoms with E-state index in [9.17, 15) is 15.0 Å². The van der Waals surface area contributed by atoms with Gasteiger partial charge in [0.05, 0.1) is 10.8 Å². The van der Waals surface area contributed by atoms with Crippen molar-refractivity contribution in [2.45, 2.75) is 38.3 Å². The maximum absolute atomic E-state index is 11.6. The molecule has 1 atom stereocenters. The molecule has 0 saturated carbocycles. The fourth-order valence-electron chi connectivity index (χ4n) is 4.14. The monoisotopic (exact) mass is 499 g/mol. The van der Waals surface area contributed by atoms with Crippen LogP contribution in [0.2, 0.25) is 0 Å². The summed E-state index contributed by atoms with van der Waals surface area (Å²) in [5, 5.41) is 23.8. The second-order valence-corrected chi connectivity index (χ2v) is 9.00. The van der Waals surface area contributed by atoms with Crippen LogP contribution in [0.15, 0.2) is 41.2 Å². The number of aromatic nitrogens is 1. The number of piperidine rings is 1. The van der Waals surface area contributed by atoms with Gasteiger partial charge in [-0.25, -0.2) is 0 Å². The predicted octanol–water partition coefficient (Wildman–Crippen LogP) is 3.99. The van der Waals surface area contributed by atoms with E-state index in [1.807, 2.05) is 0 Å². The van der Waals surface area contributed by atoms with Gasteiger partial charge >= 0.3 is 4.87 Å². The number of nitrogens with one attached hydrogen (secondary N) is 2. The lowest BCUT2D eigenvalue weighted by Gasteiger charge is -2.26. The molecule has 2 heterocycles. The van der Waals surface area contributed by atoms with Crippen LogP contribution in [-0.4, -0.2) is 46.3 Å². The molecule has 4 N–H and O–H groups in total. The Kier molecular flexibility index (Phi) is 10.5. The van der Waals surface area contributed by atoms with Crippen LogP contribution in [0, 0.1) is 0 Å². The number of hydrogen-bond acceptors (Lipinski definition) is 6. The van der Waals surface area contributed by atoms with Gasteiger partial charge in [-0.1, -0.05) is 48.1 Å². The Morgan fingerprint density at radius 2 is 1.84 bits per heavy atom. The van der Waals surface area contributed by atoms with Gasteiger partial charge in [0.2, 0.25) is 0 Å². The minimum absolute atomic E-state index is 0. The molecule has 1 fully saturated rings. The van der Waals surface area contributed by atoms with Gasteiger partial charge in [-0.2, -0.15) is 0 Å². The number of phenols is 1. The topological polar surface area (TPSA) is 88.6 Å². The normalized spacial score (nSPS) is 15.2. The van der Waals surface area contributed by atoms with Crippen molar-refractivity contribution >= 4 is 46.4 Å². The summed E-state index contributed by atoms with van der Waals surface area (Å²) < 4.78 is 0.611. The van der Waals surface area contributed by atoms with Gasteiger partial charge in [-0.15, -0.1) is 24.8 Å². The largest absolute Gasteiger partial charge is 0.506 e. The highest BCUT2D eigenvalue weighted by atomic mass is 35.5. The second kappa shape index (κ2) is 12.6. The lowest BCUT2D eigenvalue weighted by molar-refractivity contribution is 0.176. The summed E-state index contributed by atoms with van der Waals surface area (Å²) in [5.74, 6) is 0.0247. The van der Waals surface area contributed by atoms with E-state index < -0.39 is 6.10 Å². The number of H-pyrrole nitrogens is 1. The molecule has 2 aromatic carbocycles.